The second-order valence-electron chi connectivity index (χ2n) is 5.03. The first-order valence-corrected chi connectivity index (χ1v) is 6.87. The van der Waals surface area contributed by atoms with E-state index in [4.69, 9.17) is 5.11 Å². The minimum absolute atomic E-state index is 0.0864. The van der Waals surface area contributed by atoms with Gasteiger partial charge in [0, 0.05) is 0 Å². The fourth-order valence-electron chi connectivity index (χ4n) is 2.34. The summed E-state index contributed by atoms with van der Waals surface area (Å²) in [6.45, 7) is 0. The minimum atomic E-state index is -1.13. The fraction of sp³-hybridized carbons (Fsp3) is 0. The molecule has 0 aliphatic rings. The van der Waals surface area contributed by atoms with E-state index in [9.17, 15) is 9.90 Å². The van der Waals surface area contributed by atoms with Crippen molar-refractivity contribution in [3.05, 3.63) is 77.4 Å². The molecular weight excluding hydrogens is 276 g/mol. The SMILES string of the molecule is O=C(O)c1cc2cc(/C=C/c3ccccc3)ccc2cc1O. The van der Waals surface area contributed by atoms with Gasteiger partial charge in [0.2, 0.25) is 0 Å². The lowest BCUT2D eigenvalue weighted by Gasteiger charge is -2.04. The molecule has 3 rings (SSSR count). The molecule has 0 saturated heterocycles. The Labute approximate surface area is 127 Å². The number of carbonyl (C=O) groups is 1. The van der Waals surface area contributed by atoms with Gasteiger partial charge in [-0.05, 0) is 40.1 Å². The number of fused-ring (bicyclic) bond motifs is 1. The number of aromatic carboxylic acids is 1. The van der Waals surface area contributed by atoms with Crippen molar-refractivity contribution >= 4 is 28.9 Å². The molecule has 0 fully saturated rings. The number of carboxylic acids is 1. The molecule has 0 saturated carbocycles. The van der Waals surface area contributed by atoms with Crippen LogP contribution >= 0.6 is 0 Å². The number of carboxylic acid groups (broad SMARTS) is 1. The number of hydrogen-bond acceptors (Lipinski definition) is 2. The van der Waals surface area contributed by atoms with E-state index in [0.29, 0.717) is 0 Å². The predicted molar refractivity (Wildman–Crippen MR) is 87.9 cm³/mol. The summed E-state index contributed by atoms with van der Waals surface area (Å²) in [7, 11) is 0. The number of aromatic hydroxyl groups is 1. The van der Waals surface area contributed by atoms with E-state index >= 15 is 0 Å². The summed E-state index contributed by atoms with van der Waals surface area (Å²) in [5.74, 6) is -1.35. The van der Waals surface area contributed by atoms with Gasteiger partial charge in [-0.3, -0.25) is 0 Å². The Morgan fingerprint density at radius 1 is 0.818 bits per heavy atom. The van der Waals surface area contributed by atoms with Crippen LogP contribution in [0.15, 0.2) is 60.7 Å². The van der Waals surface area contributed by atoms with E-state index in [-0.39, 0.29) is 11.3 Å². The predicted octanol–water partition coefficient (Wildman–Crippen LogP) is 4.41. The van der Waals surface area contributed by atoms with Gasteiger partial charge in [0.05, 0.1) is 0 Å². The topological polar surface area (TPSA) is 57.5 Å². The van der Waals surface area contributed by atoms with E-state index in [0.717, 1.165) is 21.9 Å². The first kappa shape index (κ1) is 13.9. The molecule has 0 amide bonds. The molecule has 3 nitrogen and oxygen atoms in total. The number of benzene rings is 3. The summed E-state index contributed by atoms with van der Waals surface area (Å²) in [5.41, 5.74) is 1.98. The fourth-order valence-corrected chi connectivity index (χ4v) is 2.34. The first-order valence-electron chi connectivity index (χ1n) is 6.87. The van der Waals surface area contributed by atoms with E-state index in [1.54, 1.807) is 0 Å². The summed E-state index contributed by atoms with van der Waals surface area (Å²) >= 11 is 0. The zero-order chi connectivity index (χ0) is 15.5. The van der Waals surface area contributed by atoms with E-state index in [1.807, 2.05) is 60.7 Å². The molecule has 22 heavy (non-hydrogen) atoms. The van der Waals surface area contributed by atoms with Gasteiger partial charge in [-0.2, -0.15) is 0 Å². The highest BCUT2D eigenvalue weighted by atomic mass is 16.4. The lowest BCUT2D eigenvalue weighted by Crippen LogP contribution is -1.96. The zero-order valence-electron chi connectivity index (χ0n) is 11.7. The van der Waals surface area contributed by atoms with Crippen molar-refractivity contribution in [1.82, 2.24) is 0 Å². The maximum Gasteiger partial charge on any atom is 0.339 e. The molecule has 108 valence electrons. The summed E-state index contributed by atoms with van der Waals surface area (Å²) in [5, 5.41) is 20.4. The first-order chi connectivity index (χ1) is 10.6. The van der Waals surface area contributed by atoms with Gasteiger partial charge in [-0.25, -0.2) is 4.79 Å². The highest BCUT2D eigenvalue weighted by molar-refractivity contribution is 5.98. The maximum atomic E-state index is 11.1. The van der Waals surface area contributed by atoms with Crippen LogP contribution in [-0.4, -0.2) is 16.2 Å². The molecule has 2 N–H and O–H groups in total. The van der Waals surface area contributed by atoms with E-state index < -0.39 is 5.97 Å². The highest BCUT2D eigenvalue weighted by Gasteiger charge is 2.10. The van der Waals surface area contributed by atoms with Crippen molar-refractivity contribution < 1.29 is 15.0 Å². The third-order valence-corrected chi connectivity index (χ3v) is 3.48. The van der Waals surface area contributed by atoms with Crippen LogP contribution in [0.3, 0.4) is 0 Å². The molecule has 3 aromatic rings. The third kappa shape index (κ3) is 2.83. The maximum absolute atomic E-state index is 11.1. The van der Waals surface area contributed by atoms with Crippen LogP contribution in [0.2, 0.25) is 0 Å². The van der Waals surface area contributed by atoms with Gasteiger partial charge in [0.15, 0.2) is 0 Å². The Balaban J connectivity index is 2.00. The van der Waals surface area contributed by atoms with Gasteiger partial charge in [-0.1, -0.05) is 54.6 Å². The number of hydrogen-bond donors (Lipinski definition) is 2. The second kappa shape index (κ2) is 5.74. The van der Waals surface area contributed by atoms with Crippen LogP contribution in [0.5, 0.6) is 5.75 Å². The molecule has 0 atom stereocenters. The Morgan fingerprint density at radius 3 is 2.27 bits per heavy atom. The molecule has 3 heteroatoms. The minimum Gasteiger partial charge on any atom is -0.507 e. The Morgan fingerprint density at radius 2 is 1.55 bits per heavy atom. The van der Waals surface area contributed by atoms with Gasteiger partial charge in [0.25, 0.3) is 0 Å². The van der Waals surface area contributed by atoms with E-state index in [1.165, 1.54) is 12.1 Å². The lowest BCUT2D eigenvalue weighted by atomic mass is 10.0. The molecule has 0 unspecified atom stereocenters. The van der Waals surface area contributed by atoms with Crippen LogP contribution in [0.25, 0.3) is 22.9 Å². The quantitative estimate of drug-likeness (QED) is 0.702. The standard InChI is InChI=1S/C19H14O3/c20-18-12-15-9-8-14(7-6-13-4-2-1-3-5-13)10-16(15)11-17(18)19(21)22/h1-12,20H,(H,21,22)/b7-6+. The second-order valence-corrected chi connectivity index (χ2v) is 5.03. The summed E-state index contributed by atoms with van der Waals surface area (Å²) < 4.78 is 0. The summed E-state index contributed by atoms with van der Waals surface area (Å²) in [6, 6.07) is 18.6. The van der Waals surface area contributed by atoms with Gasteiger partial charge in [0.1, 0.15) is 11.3 Å². The van der Waals surface area contributed by atoms with Crippen molar-refractivity contribution in [2.75, 3.05) is 0 Å². The number of rotatable bonds is 3. The molecule has 0 spiro atoms. The zero-order valence-corrected chi connectivity index (χ0v) is 11.7. The summed E-state index contributed by atoms with van der Waals surface area (Å²) in [4.78, 5) is 11.1. The smallest absolute Gasteiger partial charge is 0.339 e. The largest absolute Gasteiger partial charge is 0.507 e. The summed E-state index contributed by atoms with van der Waals surface area (Å²) in [6.07, 6.45) is 3.97. The van der Waals surface area contributed by atoms with Crippen LogP contribution in [0.1, 0.15) is 21.5 Å². The van der Waals surface area contributed by atoms with Crippen molar-refractivity contribution in [3.8, 4) is 5.75 Å². The average molecular weight is 290 g/mol. The van der Waals surface area contributed by atoms with Crippen molar-refractivity contribution in [2.24, 2.45) is 0 Å². The molecule has 0 bridgehead atoms. The normalized spacial score (nSPS) is 11.1. The van der Waals surface area contributed by atoms with Gasteiger partial charge >= 0.3 is 5.97 Å². The highest BCUT2D eigenvalue weighted by Crippen LogP contribution is 2.26. The van der Waals surface area contributed by atoms with Crippen LogP contribution in [-0.2, 0) is 0 Å². The van der Waals surface area contributed by atoms with Gasteiger partial charge < -0.3 is 10.2 Å². The lowest BCUT2D eigenvalue weighted by molar-refractivity contribution is 0.0694. The molecule has 0 aliphatic heterocycles. The average Bonchev–Trinajstić information content (AvgIpc) is 2.53. The molecule has 0 radical (unpaired) electrons. The van der Waals surface area contributed by atoms with Crippen LogP contribution in [0, 0.1) is 0 Å². The molecule has 0 aliphatic carbocycles. The number of phenols is 1. The Kier molecular flexibility index (Phi) is 3.62. The molecule has 3 aromatic carbocycles. The van der Waals surface area contributed by atoms with E-state index in [2.05, 4.69) is 0 Å². The third-order valence-electron chi connectivity index (χ3n) is 3.48. The van der Waals surface area contributed by atoms with Crippen LogP contribution in [0.4, 0.5) is 0 Å². The van der Waals surface area contributed by atoms with Gasteiger partial charge in [-0.15, -0.1) is 0 Å². The monoisotopic (exact) mass is 290 g/mol. The van der Waals surface area contributed by atoms with Crippen molar-refractivity contribution in [2.45, 2.75) is 0 Å². The Hall–Kier alpha value is -3.07. The van der Waals surface area contributed by atoms with Crippen molar-refractivity contribution in [3.63, 3.8) is 0 Å². The molecular formula is C19H14O3. The molecule has 0 heterocycles. The van der Waals surface area contributed by atoms with Crippen LogP contribution < -0.4 is 0 Å². The Bertz CT molecular complexity index is 864. The van der Waals surface area contributed by atoms with Crippen molar-refractivity contribution in [1.29, 1.82) is 0 Å². The molecule has 0 aromatic heterocycles.